The van der Waals surface area contributed by atoms with Crippen LogP contribution >= 0.6 is 0 Å². The van der Waals surface area contributed by atoms with Gasteiger partial charge in [0.2, 0.25) is 10.0 Å². The second-order valence-corrected chi connectivity index (χ2v) is 10.5. The lowest BCUT2D eigenvalue weighted by molar-refractivity contribution is 0.0940. The predicted molar refractivity (Wildman–Crippen MR) is 138 cm³/mol. The molecule has 0 saturated carbocycles. The summed E-state index contributed by atoms with van der Waals surface area (Å²) in [4.78, 5) is 26.4. The molecule has 9 heteroatoms. The van der Waals surface area contributed by atoms with Gasteiger partial charge in [0.05, 0.1) is 34.9 Å². The number of amides is 2. The van der Waals surface area contributed by atoms with Gasteiger partial charge in [-0.15, -0.1) is 0 Å². The molecule has 3 aromatic carbocycles. The van der Waals surface area contributed by atoms with E-state index in [0.29, 0.717) is 18.8 Å². The molecule has 0 aromatic heterocycles. The van der Waals surface area contributed by atoms with Gasteiger partial charge in [-0.3, -0.25) is 9.59 Å². The van der Waals surface area contributed by atoms with Crippen LogP contribution in [0.3, 0.4) is 0 Å². The highest BCUT2D eigenvalue weighted by Crippen LogP contribution is 2.28. The maximum Gasteiger partial charge on any atom is 0.259 e. The smallest absolute Gasteiger partial charge is 0.259 e. The molecule has 2 amide bonds. The monoisotopic (exact) mass is 507 g/mol. The minimum absolute atomic E-state index is 0.0260. The van der Waals surface area contributed by atoms with Crippen molar-refractivity contribution in [1.82, 2.24) is 9.62 Å². The lowest BCUT2D eigenvalue weighted by Crippen LogP contribution is -2.28. The maximum atomic E-state index is 13.3. The van der Waals surface area contributed by atoms with Crippen LogP contribution in [-0.2, 0) is 10.0 Å². The number of sulfonamides is 1. The van der Waals surface area contributed by atoms with Crippen molar-refractivity contribution in [3.63, 3.8) is 0 Å². The molecule has 1 aliphatic heterocycles. The highest BCUT2D eigenvalue weighted by molar-refractivity contribution is 7.89. The Balaban J connectivity index is 1.58. The maximum absolute atomic E-state index is 13.3. The van der Waals surface area contributed by atoms with Crippen molar-refractivity contribution in [2.45, 2.75) is 30.7 Å². The number of carbonyl (C=O) groups is 2. The number of nitrogens with zero attached hydrogens (tertiary/aromatic N) is 1. The van der Waals surface area contributed by atoms with E-state index in [0.717, 1.165) is 18.4 Å². The minimum atomic E-state index is -3.72. The number of anilines is 1. The molecule has 1 saturated heterocycles. The molecule has 1 aliphatic rings. The van der Waals surface area contributed by atoms with Gasteiger partial charge in [0.1, 0.15) is 5.75 Å². The fraction of sp³-hybridized carbons (Fsp3) is 0.259. The molecule has 0 spiro atoms. The van der Waals surface area contributed by atoms with Gasteiger partial charge in [-0.2, -0.15) is 4.31 Å². The number of nitrogens with one attached hydrogen (secondary N) is 2. The summed E-state index contributed by atoms with van der Waals surface area (Å²) in [5, 5.41) is 5.70. The van der Waals surface area contributed by atoms with E-state index < -0.39 is 15.9 Å². The molecule has 8 nitrogen and oxygen atoms in total. The van der Waals surface area contributed by atoms with Crippen molar-refractivity contribution in [1.29, 1.82) is 0 Å². The molecule has 0 aliphatic carbocycles. The third-order valence-corrected chi connectivity index (χ3v) is 8.08. The first-order chi connectivity index (χ1) is 17.3. The number of ether oxygens (including phenoxy) is 1. The Morgan fingerprint density at radius 3 is 2.25 bits per heavy atom. The summed E-state index contributed by atoms with van der Waals surface area (Å²) in [6.45, 7) is 2.80. The van der Waals surface area contributed by atoms with Crippen molar-refractivity contribution in [2.75, 3.05) is 25.5 Å². The van der Waals surface area contributed by atoms with Gasteiger partial charge in [-0.05, 0) is 55.7 Å². The number of benzene rings is 3. The van der Waals surface area contributed by atoms with E-state index in [1.54, 1.807) is 24.3 Å². The van der Waals surface area contributed by atoms with Crippen LogP contribution in [0, 0.1) is 0 Å². The molecule has 3 aromatic rings. The van der Waals surface area contributed by atoms with Gasteiger partial charge in [0.25, 0.3) is 11.8 Å². The predicted octanol–water partition coefficient (Wildman–Crippen LogP) is 4.22. The van der Waals surface area contributed by atoms with E-state index in [9.17, 15) is 18.0 Å². The Hall–Kier alpha value is -3.69. The summed E-state index contributed by atoms with van der Waals surface area (Å²) < 4.78 is 32.8. The number of para-hydroxylation sites is 1. The summed E-state index contributed by atoms with van der Waals surface area (Å²) in [6.07, 6.45) is 1.62. The number of hydrogen-bond acceptors (Lipinski definition) is 5. The van der Waals surface area contributed by atoms with Crippen molar-refractivity contribution in [3.05, 3.63) is 89.5 Å². The standard InChI is InChI=1S/C27H29N3O5S/c1-19(20-10-4-3-5-11-20)28-26(31)22-12-6-7-13-24(22)29-27(32)23-18-21(14-15-25(23)35-2)36(33,34)30-16-8-9-17-30/h3-7,10-15,18-19H,8-9,16-17H2,1-2H3,(H,28,31)(H,29,32)/t19-/m0/s1. The van der Waals surface area contributed by atoms with Gasteiger partial charge in [-0.1, -0.05) is 42.5 Å². The van der Waals surface area contributed by atoms with Crippen LogP contribution in [0.4, 0.5) is 5.69 Å². The lowest BCUT2D eigenvalue weighted by atomic mass is 10.1. The number of methoxy groups -OCH3 is 1. The Morgan fingerprint density at radius 1 is 0.889 bits per heavy atom. The van der Waals surface area contributed by atoms with Gasteiger partial charge in [0, 0.05) is 13.1 Å². The van der Waals surface area contributed by atoms with Crippen molar-refractivity contribution in [2.24, 2.45) is 0 Å². The zero-order valence-corrected chi connectivity index (χ0v) is 21.0. The Morgan fingerprint density at radius 2 is 1.56 bits per heavy atom. The number of hydrogen-bond donors (Lipinski definition) is 2. The van der Waals surface area contributed by atoms with E-state index in [1.807, 2.05) is 37.3 Å². The highest BCUT2D eigenvalue weighted by atomic mass is 32.2. The van der Waals surface area contributed by atoms with Crippen LogP contribution < -0.4 is 15.4 Å². The third-order valence-electron chi connectivity index (χ3n) is 6.19. The van der Waals surface area contributed by atoms with E-state index >= 15 is 0 Å². The van der Waals surface area contributed by atoms with Crippen LogP contribution in [0.15, 0.2) is 77.7 Å². The SMILES string of the molecule is COc1ccc(S(=O)(=O)N2CCCC2)cc1C(=O)Nc1ccccc1C(=O)N[C@@H](C)c1ccccc1. The summed E-state index contributed by atoms with van der Waals surface area (Å²) in [5.41, 5.74) is 1.60. The van der Waals surface area contributed by atoms with E-state index in [-0.39, 0.29) is 33.7 Å². The summed E-state index contributed by atoms with van der Waals surface area (Å²) >= 11 is 0. The molecule has 4 rings (SSSR count). The van der Waals surface area contributed by atoms with Crippen molar-refractivity contribution >= 4 is 27.5 Å². The average Bonchev–Trinajstić information content (AvgIpc) is 3.45. The molecule has 1 fully saturated rings. The topological polar surface area (TPSA) is 105 Å². The van der Waals surface area contributed by atoms with Gasteiger partial charge >= 0.3 is 0 Å². The Labute approximate surface area is 211 Å². The zero-order valence-electron chi connectivity index (χ0n) is 20.2. The largest absolute Gasteiger partial charge is 0.496 e. The summed E-state index contributed by atoms with van der Waals surface area (Å²) in [7, 11) is -2.31. The minimum Gasteiger partial charge on any atom is -0.496 e. The van der Waals surface area contributed by atoms with Crippen LogP contribution in [0.25, 0.3) is 0 Å². The first-order valence-corrected chi connectivity index (χ1v) is 13.2. The molecule has 0 unspecified atom stereocenters. The van der Waals surface area contributed by atoms with Crippen LogP contribution in [-0.4, -0.2) is 44.7 Å². The molecule has 1 atom stereocenters. The average molecular weight is 508 g/mol. The molecule has 2 N–H and O–H groups in total. The van der Waals surface area contributed by atoms with Gasteiger partial charge in [0.15, 0.2) is 0 Å². The lowest BCUT2D eigenvalue weighted by Gasteiger charge is -2.18. The molecule has 0 radical (unpaired) electrons. The van der Waals surface area contributed by atoms with Crippen LogP contribution in [0.5, 0.6) is 5.75 Å². The fourth-order valence-corrected chi connectivity index (χ4v) is 5.73. The molecular weight excluding hydrogens is 478 g/mol. The number of carbonyl (C=O) groups excluding carboxylic acids is 2. The molecule has 1 heterocycles. The van der Waals surface area contributed by atoms with Crippen LogP contribution in [0.1, 0.15) is 52.1 Å². The molecule has 36 heavy (non-hydrogen) atoms. The second kappa shape index (κ2) is 10.9. The normalized spacial score (nSPS) is 14.7. The van der Waals surface area contributed by atoms with Gasteiger partial charge in [-0.25, -0.2) is 8.42 Å². The van der Waals surface area contributed by atoms with Crippen molar-refractivity contribution in [3.8, 4) is 5.75 Å². The first kappa shape index (κ1) is 25.4. The number of rotatable bonds is 8. The molecular formula is C27H29N3O5S. The molecule has 188 valence electrons. The zero-order chi connectivity index (χ0) is 25.7. The summed E-state index contributed by atoms with van der Waals surface area (Å²) in [5.74, 6) is -0.700. The fourth-order valence-electron chi connectivity index (χ4n) is 4.18. The third kappa shape index (κ3) is 5.42. The van der Waals surface area contributed by atoms with E-state index in [1.165, 1.54) is 29.6 Å². The second-order valence-electron chi connectivity index (χ2n) is 8.58. The van der Waals surface area contributed by atoms with Gasteiger partial charge < -0.3 is 15.4 Å². The highest BCUT2D eigenvalue weighted by Gasteiger charge is 2.29. The van der Waals surface area contributed by atoms with E-state index in [4.69, 9.17) is 4.74 Å². The first-order valence-electron chi connectivity index (χ1n) is 11.8. The van der Waals surface area contributed by atoms with E-state index in [2.05, 4.69) is 10.6 Å². The summed E-state index contributed by atoms with van der Waals surface area (Å²) in [6, 6.07) is 20.2. The Kier molecular flexibility index (Phi) is 7.71. The van der Waals surface area contributed by atoms with Crippen LogP contribution in [0.2, 0.25) is 0 Å². The quantitative estimate of drug-likeness (QED) is 0.475. The molecule has 0 bridgehead atoms. The van der Waals surface area contributed by atoms with Crippen molar-refractivity contribution < 1.29 is 22.7 Å². The Bertz CT molecular complexity index is 1350.